The lowest BCUT2D eigenvalue weighted by atomic mass is 10.2. The number of unbranched alkanes of at least 4 members (excludes halogenated alkanes) is 1. The van der Waals surface area contributed by atoms with Crippen LogP contribution in [0.3, 0.4) is 0 Å². The zero-order valence-corrected chi connectivity index (χ0v) is 20.1. The molecule has 1 aliphatic rings. The quantitative estimate of drug-likeness (QED) is 0.359. The van der Waals surface area contributed by atoms with Gasteiger partial charge in [0, 0.05) is 12.6 Å². The summed E-state index contributed by atoms with van der Waals surface area (Å²) in [4.78, 5) is 32.9. The number of aromatic nitrogens is 2. The third-order valence-electron chi connectivity index (χ3n) is 5.81. The summed E-state index contributed by atoms with van der Waals surface area (Å²) in [6.07, 6.45) is 2.21. The number of para-hydroxylation sites is 2. The second-order valence-electron chi connectivity index (χ2n) is 8.17. The van der Waals surface area contributed by atoms with Crippen molar-refractivity contribution in [3.63, 3.8) is 0 Å². The summed E-state index contributed by atoms with van der Waals surface area (Å²) in [5, 5.41) is 0.950. The van der Waals surface area contributed by atoms with Gasteiger partial charge in [0.25, 0.3) is 5.56 Å². The number of hydrogen-bond acceptors (Lipinski definition) is 6. The summed E-state index contributed by atoms with van der Waals surface area (Å²) < 4.78 is 25.5. The number of thioether (sulfide) groups is 1. The Hall–Kier alpha value is -2.65. The molecule has 7 nitrogen and oxygen atoms in total. The van der Waals surface area contributed by atoms with Crippen LogP contribution in [0.25, 0.3) is 16.6 Å². The molecule has 0 spiro atoms. The molecule has 9 heteroatoms. The van der Waals surface area contributed by atoms with Crippen LogP contribution >= 0.6 is 11.8 Å². The van der Waals surface area contributed by atoms with E-state index in [-0.39, 0.29) is 34.8 Å². The van der Waals surface area contributed by atoms with Gasteiger partial charge in [-0.2, -0.15) is 0 Å². The van der Waals surface area contributed by atoms with Crippen LogP contribution < -0.4 is 5.56 Å². The van der Waals surface area contributed by atoms with E-state index >= 15 is 0 Å². The zero-order chi connectivity index (χ0) is 23.4. The summed E-state index contributed by atoms with van der Waals surface area (Å²) in [5.41, 5.74) is 1.07. The molecule has 0 saturated carbocycles. The Morgan fingerprint density at radius 2 is 1.88 bits per heavy atom. The maximum Gasteiger partial charge on any atom is 0.266 e. The van der Waals surface area contributed by atoms with Gasteiger partial charge in [-0.15, -0.1) is 0 Å². The molecule has 1 saturated heterocycles. The molecule has 1 fully saturated rings. The molecule has 1 aliphatic heterocycles. The Morgan fingerprint density at radius 3 is 2.58 bits per heavy atom. The van der Waals surface area contributed by atoms with Crippen LogP contribution in [0.15, 0.2) is 64.5 Å². The van der Waals surface area contributed by atoms with Crippen LogP contribution in [-0.4, -0.2) is 58.6 Å². The summed E-state index contributed by atoms with van der Waals surface area (Å²) in [6.45, 7) is 2.58. The molecule has 2 heterocycles. The number of carbonyl (C=O) groups excluding carboxylic acids is 1. The van der Waals surface area contributed by atoms with Gasteiger partial charge in [-0.05, 0) is 37.1 Å². The van der Waals surface area contributed by atoms with E-state index in [1.165, 1.54) is 16.3 Å². The topological polar surface area (TPSA) is 89.3 Å². The van der Waals surface area contributed by atoms with Gasteiger partial charge in [0.15, 0.2) is 15.0 Å². The predicted molar refractivity (Wildman–Crippen MR) is 132 cm³/mol. The molecule has 3 aromatic rings. The Balaban J connectivity index is 1.64. The van der Waals surface area contributed by atoms with E-state index < -0.39 is 9.84 Å². The summed E-state index contributed by atoms with van der Waals surface area (Å²) in [7, 11) is -3.10. The van der Waals surface area contributed by atoms with Crippen molar-refractivity contribution in [3.8, 4) is 5.69 Å². The van der Waals surface area contributed by atoms with Crippen LogP contribution in [0, 0.1) is 0 Å². The van der Waals surface area contributed by atoms with Gasteiger partial charge in [-0.1, -0.05) is 55.4 Å². The highest BCUT2D eigenvalue weighted by Gasteiger charge is 2.34. The van der Waals surface area contributed by atoms with Crippen LogP contribution in [0.5, 0.6) is 0 Å². The molecule has 0 aliphatic carbocycles. The molecule has 1 atom stereocenters. The van der Waals surface area contributed by atoms with E-state index in [0.717, 1.165) is 12.8 Å². The number of amides is 1. The molecule has 1 unspecified atom stereocenters. The first-order valence-electron chi connectivity index (χ1n) is 11.1. The van der Waals surface area contributed by atoms with Crippen molar-refractivity contribution in [1.82, 2.24) is 14.5 Å². The van der Waals surface area contributed by atoms with Crippen molar-refractivity contribution in [1.29, 1.82) is 0 Å². The zero-order valence-electron chi connectivity index (χ0n) is 18.5. The van der Waals surface area contributed by atoms with E-state index in [4.69, 9.17) is 0 Å². The largest absolute Gasteiger partial charge is 0.338 e. The normalized spacial score (nSPS) is 17.3. The number of benzene rings is 2. The van der Waals surface area contributed by atoms with Gasteiger partial charge in [0.1, 0.15) is 0 Å². The average molecular weight is 486 g/mol. The number of carbonyl (C=O) groups is 1. The maximum absolute atomic E-state index is 13.3. The molecule has 1 aromatic heterocycles. The maximum atomic E-state index is 13.3. The van der Waals surface area contributed by atoms with Gasteiger partial charge in [0.05, 0.1) is 33.8 Å². The first-order valence-corrected chi connectivity index (χ1v) is 13.9. The van der Waals surface area contributed by atoms with Crippen LogP contribution in [0.2, 0.25) is 0 Å². The molecular weight excluding hydrogens is 458 g/mol. The number of rotatable bonds is 8. The van der Waals surface area contributed by atoms with E-state index in [1.807, 2.05) is 43.3 Å². The minimum atomic E-state index is -3.10. The molecule has 174 valence electrons. The smallest absolute Gasteiger partial charge is 0.266 e. The van der Waals surface area contributed by atoms with Crippen molar-refractivity contribution in [2.45, 2.75) is 37.4 Å². The first kappa shape index (κ1) is 23.5. The molecule has 0 radical (unpaired) electrons. The lowest BCUT2D eigenvalue weighted by Gasteiger charge is -2.28. The lowest BCUT2D eigenvalue weighted by molar-refractivity contribution is -0.130. The number of sulfone groups is 1. The highest BCUT2D eigenvalue weighted by molar-refractivity contribution is 7.99. The van der Waals surface area contributed by atoms with Gasteiger partial charge in [-0.25, -0.2) is 13.4 Å². The fourth-order valence-corrected chi connectivity index (χ4v) is 6.71. The van der Waals surface area contributed by atoms with Crippen molar-refractivity contribution in [2.24, 2.45) is 0 Å². The van der Waals surface area contributed by atoms with Crippen molar-refractivity contribution >= 4 is 38.4 Å². The fraction of sp³-hybridized carbons (Fsp3) is 0.375. The van der Waals surface area contributed by atoms with E-state index in [1.54, 1.807) is 23.1 Å². The molecule has 1 amide bonds. The molecule has 2 aromatic carbocycles. The lowest BCUT2D eigenvalue weighted by Crippen LogP contribution is -2.42. The highest BCUT2D eigenvalue weighted by atomic mass is 32.2. The fourth-order valence-electron chi connectivity index (χ4n) is 4.08. The van der Waals surface area contributed by atoms with Gasteiger partial charge in [-0.3, -0.25) is 14.2 Å². The monoisotopic (exact) mass is 485 g/mol. The summed E-state index contributed by atoms with van der Waals surface area (Å²) >= 11 is 1.21. The van der Waals surface area contributed by atoms with Crippen LogP contribution in [0.1, 0.15) is 26.2 Å². The Bertz CT molecular complexity index is 1310. The Kier molecular flexibility index (Phi) is 7.19. The van der Waals surface area contributed by atoms with Crippen LogP contribution in [-0.2, 0) is 14.6 Å². The van der Waals surface area contributed by atoms with E-state index in [9.17, 15) is 18.0 Å². The minimum absolute atomic E-state index is 0.0239. The highest BCUT2D eigenvalue weighted by Crippen LogP contribution is 2.24. The van der Waals surface area contributed by atoms with E-state index in [2.05, 4.69) is 4.98 Å². The third-order valence-corrected chi connectivity index (χ3v) is 8.48. The first-order chi connectivity index (χ1) is 15.9. The molecule has 0 bridgehead atoms. The van der Waals surface area contributed by atoms with Crippen LogP contribution in [0.4, 0.5) is 0 Å². The SMILES string of the molecule is CCCCN(C(=O)CSc1nc2ccccc2c(=O)n1-c1ccccc1)C1CCS(=O)(=O)C1. The van der Waals surface area contributed by atoms with Gasteiger partial charge < -0.3 is 4.90 Å². The number of fused-ring (bicyclic) bond motifs is 1. The second-order valence-corrected chi connectivity index (χ2v) is 11.3. The molecular formula is C24H27N3O4S2. The second kappa shape index (κ2) is 10.1. The van der Waals surface area contributed by atoms with Gasteiger partial charge in [0.2, 0.25) is 5.91 Å². The molecule has 33 heavy (non-hydrogen) atoms. The number of hydrogen-bond donors (Lipinski definition) is 0. The minimum Gasteiger partial charge on any atom is -0.338 e. The molecule has 0 N–H and O–H groups in total. The summed E-state index contributed by atoms with van der Waals surface area (Å²) in [6, 6.07) is 16.1. The molecule has 4 rings (SSSR count). The Labute approximate surface area is 197 Å². The van der Waals surface area contributed by atoms with Crippen molar-refractivity contribution in [3.05, 3.63) is 65.0 Å². The standard InChI is InChI=1S/C24H27N3O4S2/c1-2-3-14-26(19-13-15-33(30,31)17-19)22(28)16-32-24-25-21-12-8-7-11-20(21)23(29)27(24)18-9-5-4-6-10-18/h4-12,19H,2-3,13-17H2,1H3. The third kappa shape index (κ3) is 5.30. The van der Waals surface area contributed by atoms with Crippen molar-refractivity contribution in [2.75, 3.05) is 23.8 Å². The van der Waals surface area contributed by atoms with Gasteiger partial charge >= 0.3 is 0 Å². The Morgan fingerprint density at radius 1 is 1.15 bits per heavy atom. The predicted octanol–water partition coefficient (Wildman–Crippen LogP) is 3.29. The summed E-state index contributed by atoms with van der Waals surface area (Å²) in [5.74, 6) is 0.103. The van der Waals surface area contributed by atoms with E-state index in [0.29, 0.717) is 34.7 Å². The number of nitrogens with zero attached hydrogens (tertiary/aromatic N) is 3. The van der Waals surface area contributed by atoms with Crippen molar-refractivity contribution < 1.29 is 13.2 Å². The average Bonchev–Trinajstić information content (AvgIpc) is 3.18.